The van der Waals surface area contributed by atoms with E-state index in [4.69, 9.17) is 4.74 Å². The van der Waals surface area contributed by atoms with Crippen LogP contribution < -0.4 is 10.1 Å². The summed E-state index contributed by atoms with van der Waals surface area (Å²) in [5.41, 5.74) is 2.34. The zero-order chi connectivity index (χ0) is 13.7. The van der Waals surface area contributed by atoms with Gasteiger partial charge in [0.05, 0.1) is 0 Å². The SMILES string of the molecule is CCNCc1ccccc1Oc1ccc(Br)c(C)c1. The summed E-state index contributed by atoms with van der Waals surface area (Å²) < 4.78 is 7.08. The van der Waals surface area contributed by atoms with Crippen molar-refractivity contribution >= 4 is 15.9 Å². The summed E-state index contributed by atoms with van der Waals surface area (Å²) in [6, 6.07) is 14.1. The van der Waals surface area contributed by atoms with Gasteiger partial charge < -0.3 is 10.1 Å². The molecule has 2 rings (SSSR count). The quantitative estimate of drug-likeness (QED) is 0.865. The molecule has 0 bridgehead atoms. The number of rotatable bonds is 5. The van der Waals surface area contributed by atoms with E-state index >= 15 is 0 Å². The maximum absolute atomic E-state index is 5.98. The third-order valence-electron chi connectivity index (χ3n) is 2.90. The molecule has 0 atom stereocenters. The minimum absolute atomic E-state index is 0.822. The van der Waals surface area contributed by atoms with Crippen LogP contribution in [-0.4, -0.2) is 6.54 Å². The van der Waals surface area contributed by atoms with Crippen molar-refractivity contribution in [3.05, 3.63) is 58.1 Å². The molecule has 19 heavy (non-hydrogen) atoms. The van der Waals surface area contributed by atoms with Gasteiger partial charge in [-0.05, 0) is 43.3 Å². The van der Waals surface area contributed by atoms with Crippen LogP contribution in [-0.2, 0) is 6.54 Å². The van der Waals surface area contributed by atoms with Crippen LogP contribution in [0.1, 0.15) is 18.1 Å². The molecule has 0 saturated carbocycles. The van der Waals surface area contributed by atoms with Gasteiger partial charge in [0.15, 0.2) is 0 Å². The molecule has 1 N–H and O–H groups in total. The second-order valence-electron chi connectivity index (χ2n) is 4.40. The first-order valence-electron chi connectivity index (χ1n) is 6.43. The Morgan fingerprint density at radius 3 is 2.68 bits per heavy atom. The van der Waals surface area contributed by atoms with E-state index in [0.29, 0.717) is 0 Å². The molecule has 2 nitrogen and oxygen atoms in total. The maximum atomic E-state index is 5.98. The zero-order valence-electron chi connectivity index (χ0n) is 11.2. The van der Waals surface area contributed by atoms with Crippen LogP contribution in [0.2, 0.25) is 0 Å². The molecule has 0 radical (unpaired) electrons. The van der Waals surface area contributed by atoms with Gasteiger partial charge in [0, 0.05) is 16.6 Å². The lowest BCUT2D eigenvalue weighted by molar-refractivity contribution is 0.473. The molecular weight excluding hydrogens is 302 g/mol. The van der Waals surface area contributed by atoms with Crippen molar-refractivity contribution in [3.8, 4) is 11.5 Å². The minimum Gasteiger partial charge on any atom is -0.457 e. The standard InChI is InChI=1S/C16H18BrNO/c1-3-18-11-13-6-4-5-7-16(13)19-14-8-9-15(17)12(2)10-14/h4-10,18H,3,11H2,1-2H3. The van der Waals surface area contributed by atoms with Crippen LogP contribution in [0.3, 0.4) is 0 Å². The van der Waals surface area contributed by atoms with Crippen LogP contribution in [0.4, 0.5) is 0 Å². The summed E-state index contributed by atoms with van der Waals surface area (Å²) in [5.74, 6) is 1.77. The van der Waals surface area contributed by atoms with Gasteiger partial charge in [-0.15, -0.1) is 0 Å². The van der Waals surface area contributed by atoms with Crippen molar-refractivity contribution in [3.63, 3.8) is 0 Å². The summed E-state index contributed by atoms with van der Waals surface area (Å²) >= 11 is 3.50. The smallest absolute Gasteiger partial charge is 0.131 e. The summed E-state index contributed by atoms with van der Waals surface area (Å²) in [6.45, 7) is 5.93. The van der Waals surface area contributed by atoms with Crippen molar-refractivity contribution in [2.24, 2.45) is 0 Å². The normalized spacial score (nSPS) is 10.5. The molecule has 0 fully saturated rings. The Morgan fingerprint density at radius 2 is 1.95 bits per heavy atom. The van der Waals surface area contributed by atoms with Crippen LogP contribution in [0.25, 0.3) is 0 Å². The molecule has 0 aromatic heterocycles. The van der Waals surface area contributed by atoms with Crippen LogP contribution in [0, 0.1) is 6.92 Å². The van der Waals surface area contributed by atoms with E-state index in [2.05, 4.69) is 41.2 Å². The Balaban J connectivity index is 2.20. The van der Waals surface area contributed by atoms with Gasteiger partial charge in [0.2, 0.25) is 0 Å². The minimum atomic E-state index is 0.822. The number of halogens is 1. The number of aryl methyl sites for hydroxylation is 1. The van der Waals surface area contributed by atoms with Gasteiger partial charge in [-0.25, -0.2) is 0 Å². The number of hydrogen-bond acceptors (Lipinski definition) is 2. The lowest BCUT2D eigenvalue weighted by Crippen LogP contribution is -2.12. The third-order valence-corrected chi connectivity index (χ3v) is 3.79. The fourth-order valence-corrected chi connectivity index (χ4v) is 2.06. The van der Waals surface area contributed by atoms with Gasteiger partial charge in [-0.2, -0.15) is 0 Å². The Labute approximate surface area is 122 Å². The molecule has 0 unspecified atom stereocenters. The largest absolute Gasteiger partial charge is 0.457 e. The van der Waals surface area contributed by atoms with Crippen LogP contribution in [0.5, 0.6) is 11.5 Å². The van der Waals surface area contributed by atoms with Crippen molar-refractivity contribution in [2.45, 2.75) is 20.4 Å². The van der Waals surface area contributed by atoms with E-state index in [1.54, 1.807) is 0 Å². The number of benzene rings is 2. The van der Waals surface area contributed by atoms with Crippen LogP contribution in [0.15, 0.2) is 46.9 Å². The highest BCUT2D eigenvalue weighted by Crippen LogP contribution is 2.28. The molecule has 0 amide bonds. The highest BCUT2D eigenvalue weighted by Gasteiger charge is 2.05. The summed E-state index contributed by atoms with van der Waals surface area (Å²) in [6.07, 6.45) is 0. The topological polar surface area (TPSA) is 21.3 Å². The van der Waals surface area contributed by atoms with Crippen molar-refractivity contribution in [1.29, 1.82) is 0 Å². The number of para-hydroxylation sites is 1. The molecule has 0 aliphatic carbocycles. The summed E-state index contributed by atoms with van der Waals surface area (Å²) in [5, 5.41) is 3.32. The first kappa shape index (κ1) is 14.1. The van der Waals surface area contributed by atoms with Gasteiger partial charge in [-0.3, -0.25) is 0 Å². The number of hydrogen-bond donors (Lipinski definition) is 1. The average Bonchev–Trinajstić information content (AvgIpc) is 2.42. The summed E-state index contributed by atoms with van der Waals surface area (Å²) in [7, 11) is 0. The first-order valence-corrected chi connectivity index (χ1v) is 7.22. The van der Waals surface area contributed by atoms with Gasteiger partial charge >= 0.3 is 0 Å². The molecule has 0 saturated heterocycles. The predicted molar refractivity (Wildman–Crippen MR) is 82.8 cm³/mol. The Hall–Kier alpha value is -1.32. The first-order chi connectivity index (χ1) is 9.20. The predicted octanol–water partition coefficient (Wildman–Crippen LogP) is 4.66. The van der Waals surface area contributed by atoms with E-state index in [1.165, 1.54) is 11.1 Å². The molecule has 3 heteroatoms. The Morgan fingerprint density at radius 1 is 1.16 bits per heavy atom. The molecule has 100 valence electrons. The van der Waals surface area contributed by atoms with Crippen molar-refractivity contribution in [1.82, 2.24) is 5.32 Å². The van der Waals surface area contributed by atoms with E-state index in [-0.39, 0.29) is 0 Å². The Bertz CT molecular complexity index is 554. The van der Waals surface area contributed by atoms with E-state index in [1.807, 2.05) is 36.4 Å². The zero-order valence-corrected chi connectivity index (χ0v) is 12.8. The van der Waals surface area contributed by atoms with Gasteiger partial charge in [0.1, 0.15) is 11.5 Å². The second-order valence-corrected chi connectivity index (χ2v) is 5.26. The third kappa shape index (κ3) is 3.82. The van der Waals surface area contributed by atoms with E-state index in [9.17, 15) is 0 Å². The average molecular weight is 320 g/mol. The number of nitrogens with one attached hydrogen (secondary N) is 1. The number of ether oxygens (including phenoxy) is 1. The second kappa shape index (κ2) is 6.73. The van der Waals surface area contributed by atoms with Crippen molar-refractivity contribution < 1.29 is 4.74 Å². The van der Waals surface area contributed by atoms with Gasteiger partial charge in [0.25, 0.3) is 0 Å². The molecular formula is C16H18BrNO. The van der Waals surface area contributed by atoms with E-state index in [0.717, 1.165) is 29.1 Å². The monoisotopic (exact) mass is 319 g/mol. The molecule has 2 aromatic carbocycles. The van der Waals surface area contributed by atoms with Crippen molar-refractivity contribution in [2.75, 3.05) is 6.54 Å². The molecule has 0 aliphatic rings. The summed E-state index contributed by atoms with van der Waals surface area (Å²) in [4.78, 5) is 0. The molecule has 2 aromatic rings. The molecule has 0 spiro atoms. The molecule has 0 heterocycles. The lowest BCUT2D eigenvalue weighted by atomic mass is 10.2. The fourth-order valence-electron chi connectivity index (χ4n) is 1.82. The fraction of sp³-hybridized carbons (Fsp3) is 0.250. The Kier molecular flexibility index (Phi) is 5.00. The highest BCUT2D eigenvalue weighted by atomic mass is 79.9. The van der Waals surface area contributed by atoms with E-state index < -0.39 is 0 Å². The highest BCUT2D eigenvalue weighted by molar-refractivity contribution is 9.10. The molecule has 0 aliphatic heterocycles. The lowest BCUT2D eigenvalue weighted by Gasteiger charge is -2.12. The van der Waals surface area contributed by atoms with Gasteiger partial charge in [-0.1, -0.05) is 41.1 Å². The van der Waals surface area contributed by atoms with Crippen LogP contribution >= 0.6 is 15.9 Å². The maximum Gasteiger partial charge on any atom is 0.131 e.